The minimum atomic E-state index is -0.539. The first-order valence-electron chi connectivity index (χ1n) is 9.20. The summed E-state index contributed by atoms with van der Waals surface area (Å²) in [6.45, 7) is 2.06. The molecule has 0 aliphatic rings. The molecule has 7 nitrogen and oxygen atoms in total. The molecule has 0 heterocycles. The second kappa shape index (κ2) is 11.7. The molecule has 2 N–H and O–H groups in total. The molecule has 2 aromatic carbocycles. The van der Waals surface area contributed by atoms with Crippen LogP contribution in [0.1, 0.15) is 26.2 Å². The summed E-state index contributed by atoms with van der Waals surface area (Å²) in [6.07, 6.45) is 0.505. The Morgan fingerprint density at radius 2 is 1.66 bits per heavy atom. The second-order valence-electron chi connectivity index (χ2n) is 6.08. The Labute approximate surface area is 174 Å². The highest BCUT2D eigenvalue weighted by molar-refractivity contribution is 6.30. The lowest BCUT2D eigenvalue weighted by atomic mass is 10.2. The Hall–Kier alpha value is -3.06. The summed E-state index contributed by atoms with van der Waals surface area (Å²) in [5.74, 6) is -0.506. The zero-order valence-corrected chi connectivity index (χ0v) is 16.8. The Balaban J connectivity index is 1.62. The fraction of sp³-hybridized carbons (Fsp3) is 0.286. The number of carbonyl (C=O) groups is 3. The van der Waals surface area contributed by atoms with Gasteiger partial charge < -0.3 is 20.1 Å². The number of carbonyl (C=O) groups excluding carboxylic acids is 3. The molecule has 2 amide bonds. The van der Waals surface area contributed by atoms with Gasteiger partial charge in [0.2, 0.25) is 5.91 Å². The number of rotatable bonds is 10. The maximum Gasteiger partial charge on any atom is 0.306 e. The number of anilines is 2. The summed E-state index contributed by atoms with van der Waals surface area (Å²) in [4.78, 5) is 35.4. The number of hydrogen-bond donors (Lipinski definition) is 2. The van der Waals surface area contributed by atoms with Gasteiger partial charge in [0.15, 0.2) is 6.61 Å². The smallest absolute Gasteiger partial charge is 0.306 e. The van der Waals surface area contributed by atoms with Crippen molar-refractivity contribution in [1.82, 2.24) is 0 Å². The van der Waals surface area contributed by atoms with E-state index < -0.39 is 11.9 Å². The first-order chi connectivity index (χ1) is 14.0. The lowest BCUT2D eigenvalue weighted by Crippen LogP contribution is -2.21. The van der Waals surface area contributed by atoms with E-state index >= 15 is 0 Å². The van der Waals surface area contributed by atoms with Crippen molar-refractivity contribution in [2.45, 2.75) is 26.2 Å². The van der Waals surface area contributed by atoms with Crippen LogP contribution in [0.25, 0.3) is 0 Å². The predicted octanol–water partition coefficient (Wildman–Crippen LogP) is 4.03. The summed E-state index contributed by atoms with van der Waals surface area (Å²) in [6, 6.07) is 13.7. The number of ether oxygens (including phenoxy) is 2. The van der Waals surface area contributed by atoms with Gasteiger partial charge in [0, 0.05) is 29.2 Å². The number of benzene rings is 2. The van der Waals surface area contributed by atoms with Crippen molar-refractivity contribution in [2.75, 3.05) is 23.8 Å². The molecule has 0 bridgehead atoms. The molecule has 29 heavy (non-hydrogen) atoms. The highest BCUT2D eigenvalue weighted by Gasteiger charge is 2.10. The number of nitrogens with one attached hydrogen (secondary N) is 2. The molecule has 2 aromatic rings. The first-order valence-corrected chi connectivity index (χ1v) is 9.58. The third kappa shape index (κ3) is 8.66. The lowest BCUT2D eigenvalue weighted by Gasteiger charge is -2.08. The summed E-state index contributed by atoms with van der Waals surface area (Å²) in [5, 5.41) is 5.85. The van der Waals surface area contributed by atoms with Crippen LogP contribution in [0, 0.1) is 0 Å². The van der Waals surface area contributed by atoms with Crippen LogP contribution in [0.2, 0.25) is 5.02 Å². The molecule has 0 atom stereocenters. The third-order valence-electron chi connectivity index (χ3n) is 3.71. The maximum atomic E-state index is 11.9. The van der Waals surface area contributed by atoms with Gasteiger partial charge in [0.05, 0.1) is 6.61 Å². The molecule has 0 aliphatic heterocycles. The summed E-state index contributed by atoms with van der Waals surface area (Å²) >= 11 is 5.85. The van der Waals surface area contributed by atoms with E-state index in [1.165, 1.54) is 0 Å². The van der Waals surface area contributed by atoms with E-state index in [-0.39, 0.29) is 25.4 Å². The zero-order chi connectivity index (χ0) is 21.1. The molecule has 0 saturated carbocycles. The van der Waals surface area contributed by atoms with Crippen molar-refractivity contribution in [3.05, 3.63) is 53.6 Å². The third-order valence-corrected chi connectivity index (χ3v) is 3.94. The predicted molar refractivity (Wildman–Crippen MR) is 111 cm³/mol. The molecule has 0 spiro atoms. The quantitative estimate of drug-likeness (QED) is 0.568. The molecular formula is C21H23ClN2O5. The molecule has 2 rings (SSSR count). The van der Waals surface area contributed by atoms with Crippen LogP contribution in [0.3, 0.4) is 0 Å². The van der Waals surface area contributed by atoms with Crippen LogP contribution in [-0.4, -0.2) is 31.0 Å². The van der Waals surface area contributed by atoms with Gasteiger partial charge in [-0.15, -0.1) is 0 Å². The number of esters is 1. The van der Waals surface area contributed by atoms with Gasteiger partial charge in [-0.25, -0.2) is 0 Å². The summed E-state index contributed by atoms with van der Waals surface area (Å²) < 4.78 is 10.3. The molecule has 8 heteroatoms. The second-order valence-corrected chi connectivity index (χ2v) is 6.51. The van der Waals surface area contributed by atoms with Gasteiger partial charge in [-0.1, -0.05) is 17.7 Å². The fourth-order valence-electron chi connectivity index (χ4n) is 2.40. The number of hydrogen-bond acceptors (Lipinski definition) is 5. The van der Waals surface area contributed by atoms with E-state index in [4.69, 9.17) is 21.1 Å². The highest BCUT2D eigenvalue weighted by atomic mass is 35.5. The fourth-order valence-corrected chi connectivity index (χ4v) is 2.59. The normalized spacial score (nSPS) is 10.1. The minimum absolute atomic E-state index is 0.0410. The largest absolute Gasteiger partial charge is 0.494 e. The van der Waals surface area contributed by atoms with Gasteiger partial charge in [-0.05, 0) is 55.8 Å². The average Bonchev–Trinajstić information content (AvgIpc) is 2.68. The van der Waals surface area contributed by atoms with Crippen molar-refractivity contribution in [1.29, 1.82) is 0 Å². The average molecular weight is 419 g/mol. The molecule has 0 saturated heterocycles. The molecule has 154 valence electrons. The van der Waals surface area contributed by atoms with Crippen LogP contribution >= 0.6 is 11.6 Å². The van der Waals surface area contributed by atoms with Crippen molar-refractivity contribution in [3.63, 3.8) is 0 Å². The van der Waals surface area contributed by atoms with E-state index in [9.17, 15) is 14.4 Å². The van der Waals surface area contributed by atoms with Crippen molar-refractivity contribution >= 4 is 40.8 Å². The molecule has 0 unspecified atom stereocenters. The number of halogens is 1. The lowest BCUT2D eigenvalue weighted by molar-refractivity contribution is -0.147. The Morgan fingerprint density at radius 3 is 2.34 bits per heavy atom. The highest BCUT2D eigenvalue weighted by Crippen LogP contribution is 2.16. The molecule has 0 fully saturated rings. The molecule has 0 aliphatic carbocycles. The Morgan fingerprint density at radius 1 is 0.931 bits per heavy atom. The van der Waals surface area contributed by atoms with Gasteiger partial charge in [0.25, 0.3) is 5.91 Å². The van der Waals surface area contributed by atoms with Crippen molar-refractivity contribution in [2.24, 2.45) is 0 Å². The van der Waals surface area contributed by atoms with Crippen molar-refractivity contribution < 1.29 is 23.9 Å². The topological polar surface area (TPSA) is 93.7 Å². The first kappa shape index (κ1) is 22.2. The van der Waals surface area contributed by atoms with Gasteiger partial charge in [-0.3, -0.25) is 14.4 Å². The van der Waals surface area contributed by atoms with E-state index in [1.54, 1.807) is 48.5 Å². The van der Waals surface area contributed by atoms with E-state index in [0.717, 1.165) is 0 Å². The van der Waals surface area contributed by atoms with Crippen LogP contribution in [0.4, 0.5) is 11.4 Å². The van der Waals surface area contributed by atoms with E-state index in [1.807, 2.05) is 6.92 Å². The van der Waals surface area contributed by atoms with Crippen LogP contribution in [0.15, 0.2) is 48.5 Å². The van der Waals surface area contributed by atoms with Crippen molar-refractivity contribution in [3.8, 4) is 5.75 Å². The summed E-state index contributed by atoms with van der Waals surface area (Å²) in [5.41, 5.74) is 1.17. The van der Waals surface area contributed by atoms with Crippen LogP contribution in [-0.2, 0) is 19.1 Å². The van der Waals surface area contributed by atoms with Gasteiger partial charge in [0.1, 0.15) is 5.75 Å². The standard InChI is InChI=1S/C21H23ClN2O5/c1-2-28-18-11-9-16(10-12-18)23-20(26)14-29-21(27)8-4-7-19(25)24-17-6-3-5-15(22)13-17/h3,5-6,9-13H,2,4,7-8,14H2,1H3,(H,23,26)(H,24,25). The molecule has 0 aromatic heterocycles. The van der Waals surface area contributed by atoms with Gasteiger partial charge in [-0.2, -0.15) is 0 Å². The maximum absolute atomic E-state index is 11.9. The monoisotopic (exact) mass is 418 g/mol. The van der Waals surface area contributed by atoms with Crippen LogP contribution in [0.5, 0.6) is 5.75 Å². The van der Waals surface area contributed by atoms with Crippen LogP contribution < -0.4 is 15.4 Å². The summed E-state index contributed by atoms with van der Waals surface area (Å²) in [7, 11) is 0. The van der Waals surface area contributed by atoms with E-state index in [0.29, 0.717) is 35.2 Å². The van der Waals surface area contributed by atoms with E-state index in [2.05, 4.69) is 10.6 Å². The molecular weight excluding hydrogens is 396 g/mol. The molecule has 0 radical (unpaired) electrons. The zero-order valence-electron chi connectivity index (χ0n) is 16.1. The Kier molecular flexibility index (Phi) is 8.98. The minimum Gasteiger partial charge on any atom is -0.494 e. The Bertz CT molecular complexity index is 839. The van der Waals surface area contributed by atoms with Gasteiger partial charge >= 0.3 is 5.97 Å². The number of amides is 2. The SMILES string of the molecule is CCOc1ccc(NC(=O)COC(=O)CCCC(=O)Nc2cccc(Cl)c2)cc1.